The number of amides is 1. The molecular weight excluding hydrogens is 434 g/mol. The van der Waals surface area contributed by atoms with Crippen LogP contribution in [0.1, 0.15) is 34.1 Å². The molecular formula is C25H31N5O2S. The summed E-state index contributed by atoms with van der Waals surface area (Å²) >= 11 is 1.54. The first-order valence-electron chi connectivity index (χ1n) is 11.4. The van der Waals surface area contributed by atoms with Crippen molar-refractivity contribution >= 4 is 23.4 Å². The summed E-state index contributed by atoms with van der Waals surface area (Å²) < 4.78 is 5.02. The van der Waals surface area contributed by atoms with Gasteiger partial charge in [-0.1, -0.05) is 29.4 Å². The van der Waals surface area contributed by atoms with E-state index in [1.54, 1.807) is 18.7 Å². The molecule has 7 nitrogen and oxygen atoms in total. The zero-order valence-electron chi connectivity index (χ0n) is 19.3. The number of benzene rings is 2. The molecule has 2 aromatic carbocycles. The fraction of sp³-hybridized carbons (Fsp3) is 0.400. The first kappa shape index (κ1) is 23.3. The summed E-state index contributed by atoms with van der Waals surface area (Å²) in [4.78, 5) is 22.8. The third-order valence-corrected chi connectivity index (χ3v) is 6.80. The highest BCUT2D eigenvalue weighted by Crippen LogP contribution is 2.25. The minimum absolute atomic E-state index is 0.0355. The van der Waals surface area contributed by atoms with E-state index in [-0.39, 0.29) is 5.91 Å². The predicted molar refractivity (Wildman–Crippen MR) is 132 cm³/mol. The molecule has 1 aliphatic heterocycles. The van der Waals surface area contributed by atoms with Crippen LogP contribution in [-0.2, 0) is 5.75 Å². The van der Waals surface area contributed by atoms with Gasteiger partial charge in [0.25, 0.3) is 5.91 Å². The molecule has 1 aliphatic rings. The van der Waals surface area contributed by atoms with E-state index in [4.69, 9.17) is 4.52 Å². The molecule has 3 aromatic rings. The Labute approximate surface area is 199 Å². The highest BCUT2D eigenvalue weighted by atomic mass is 32.2. The lowest BCUT2D eigenvalue weighted by molar-refractivity contribution is 0.0948. The van der Waals surface area contributed by atoms with Crippen LogP contribution in [0.5, 0.6) is 0 Å². The number of thioether (sulfide) groups is 1. The van der Waals surface area contributed by atoms with Crippen LogP contribution in [-0.4, -0.2) is 60.2 Å². The molecule has 1 amide bonds. The molecule has 1 fully saturated rings. The van der Waals surface area contributed by atoms with Gasteiger partial charge in [0.2, 0.25) is 5.89 Å². The molecule has 33 heavy (non-hydrogen) atoms. The topological polar surface area (TPSA) is 74.5 Å². The lowest BCUT2D eigenvalue weighted by Gasteiger charge is -2.36. The molecule has 0 saturated carbocycles. The number of carbonyl (C=O) groups is 1. The molecule has 2 heterocycles. The van der Waals surface area contributed by atoms with E-state index in [0.717, 1.165) is 44.0 Å². The van der Waals surface area contributed by atoms with Crippen LogP contribution in [0.4, 0.5) is 5.69 Å². The molecule has 0 radical (unpaired) electrons. The Morgan fingerprint density at radius 2 is 1.91 bits per heavy atom. The molecule has 0 atom stereocenters. The van der Waals surface area contributed by atoms with Gasteiger partial charge in [-0.2, -0.15) is 4.98 Å². The fourth-order valence-corrected chi connectivity index (χ4v) is 4.87. The Balaban J connectivity index is 1.19. The molecule has 8 heteroatoms. The van der Waals surface area contributed by atoms with Crippen LogP contribution in [0.3, 0.4) is 0 Å². The van der Waals surface area contributed by atoms with Crippen molar-refractivity contribution in [2.24, 2.45) is 0 Å². The van der Waals surface area contributed by atoms with Crippen molar-refractivity contribution in [3.8, 4) is 0 Å². The van der Waals surface area contributed by atoms with E-state index >= 15 is 0 Å². The van der Waals surface area contributed by atoms with Gasteiger partial charge >= 0.3 is 0 Å². The molecule has 1 N–H and O–H groups in total. The summed E-state index contributed by atoms with van der Waals surface area (Å²) in [6.07, 6.45) is 0.938. The van der Waals surface area contributed by atoms with Crippen LogP contribution in [0.2, 0.25) is 0 Å². The Hall–Kier alpha value is -2.84. The summed E-state index contributed by atoms with van der Waals surface area (Å²) in [5, 5.41) is 7.00. The third-order valence-electron chi connectivity index (χ3n) is 5.73. The fourth-order valence-electron chi connectivity index (χ4n) is 3.98. The van der Waals surface area contributed by atoms with Crippen LogP contribution < -0.4 is 10.2 Å². The summed E-state index contributed by atoms with van der Waals surface area (Å²) in [7, 11) is 0. The van der Waals surface area contributed by atoms with Gasteiger partial charge in [-0.25, -0.2) is 0 Å². The molecule has 0 unspecified atom stereocenters. The van der Waals surface area contributed by atoms with Gasteiger partial charge in [-0.15, -0.1) is 11.8 Å². The van der Waals surface area contributed by atoms with Crippen molar-refractivity contribution in [3.05, 3.63) is 71.4 Å². The van der Waals surface area contributed by atoms with Crippen molar-refractivity contribution in [3.63, 3.8) is 0 Å². The molecule has 1 aromatic heterocycles. The van der Waals surface area contributed by atoms with E-state index < -0.39 is 0 Å². The van der Waals surface area contributed by atoms with Gasteiger partial charge in [-0.05, 0) is 49.7 Å². The van der Waals surface area contributed by atoms with Crippen LogP contribution in [0.15, 0.2) is 57.9 Å². The van der Waals surface area contributed by atoms with Gasteiger partial charge in [0.15, 0.2) is 5.82 Å². The van der Waals surface area contributed by atoms with Crippen LogP contribution >= 0.6 is 11.8 Å². The molecule has 174 valence electrons. The monoisotopic (exact) mass is 465 g/mol. The van der Waals surface area contributed by atoms with Crippen LogP contribution in [0, 0.1) is 13.8 Å². The Morgan fingerprint density at radius 3 is 2.67 bits per heavy atom. The largest absolute Gasteiger partial charge is 0.369 e. The number of nitrogens with zero attached hydrogens (tertiary/aromatic N) is 4. The number of nitrogens with one attached hydrogen (secondary N) is 1. The minimum atomic E-state index is -0.0355. The first-order valence-corrected chi connectivity index (χ1v) is 12.4. The summed E-state index contributed by atoms with van der Waals surface area (Å²) in [5.74, 6) is 1.71. The lowest BCUT2D eigenvalue weighted by atomic mass is 10.2. The molecule has 0 bridgehead atoms. The average Bonchev–Trinajstić information content (AvgIpc) is 3.26. The number of aryl methyl sites for hydroxylation is 2. The van der Waals surface area contributed by atoms with E-state index in [9.17, 15) is 4.79 Å². The van der Waals surface area contributed by atoms with Gasteiger partial charge in [0, 0.05) is 50.2 Å². The number of piperazine rings is 1. The second-order valence-electron chi connectivity index (χ2n) is 8.29. The Bertz CT molecular complexity index is 1060. The van der Waals surface area contributed by atoms with Gasteiger partial charge in [0.1, 0.15) is 0 Å². The van der Waals surface area contributed by atoms with Crippen molar-refractivity contribution in [2.45, 2.75) is 30.9 Å². The highest BCUT2D eigenvalue weighted by molar-refractivity contribution is 7.98. The zero-order valence-corrected chi connectivity index (χ0v) is 20.1. The Kier molecular flexibility index (Phi) is 8.01. The predicted octanol–water partition coefficient (Wildman–Crippen LogP) is 3.92. The van der Waals surface area contributed by atoms with Gasteiger partial charge < -0.3 is 14.7 Å². The van der Waals surface area contributed by atoms with Gasteiger partial charge in [0.05, 0.1) is 11.3 Å². The van der Waals surface area contributed by atoms with E-state index in [1.807, 2.05) is 24.3 Å². The summed E-state index contributed by atoms with van der Waals surface area (Å²) in [6.45, 7) is 9.76. The highest BCUT2D eigenvalue weighted by Gasteiger charge is 2.17. The third kappa shape index (κ3) is 6.58. The molecule has 1 saturated heterocycles. The van der Waals surface area contributed by atoms with Gasteiger partial charge in [-0.3, -0.25) is 9.69 Å². The summed E-state index contributed by atoms with van der Waals surface area (Å²) in [5.41, 5.74) is 3.30. The number of carbonyl (C=O) groups excluding carboxylic acids is 1. The number of anilines is 1. The maximum atomic E-state index is 12.8. The number of hydrogen-bond donors (Lipinski definition) is 1. The molecule has 0 spiro atoms. The molecule has 4 rings (SSSR count). The normalized spacial score (nSPS) is 14.4. The first-order chi connectivity index (χ1) is 16.1. The zero-order chi connectivity index (χ0) is 23.0. The maximum Gasteiger partial charge on any atom is 0.252 e. The smallest absolute Gasteiger partial charge is 0.252 e. The van der Waals surface area contributed by atoms with Crippen molar-refractivity contribution in [1.82, 2.24) is 20.4 Å². The summed E-state index contributed by atoms with van der Waals surface area (Å²) in [6, 6.07) is 16.4. The van der Waals surface area contributed by atoms with Crippen molar-refractivity contribution in [2.75, 3.05) is 44.2 Å². The second kappa shape index (κ2) is 11.3. The van der Waals surface area contributed by atoms with E-state index in [1.165, 1.54) is 11.3 Å². The second-order valence-corrected chi connectivity index (χ2v) is 9.31. The minimum Gasteiger partial charge on any atom is -0.369 e. The molecule has 0 aliphatic carbocycles. The van der Waals surface area contributed by atoms with E-state index in [2.05, 4.69) is 56.4 Å². The standard InChI is InChI=1S/C25H31N5O2S/c1-19-7-5-8-21(17-19)30-15-13-29(14-16-30)12-6-11-26-25(31)22-9-3-4-10-23(22)33-18-24-27-20(2)32-28-24/h3-5,7-10,17H,6,11-16,18H2,1-2H3,(H,26,31). The SMILES string of the molecule is Cc1cccc(N2CCN(CCCNC(=O)c3ccccc3SCc3noc(C)n3)CC2)c1. The Morgan fingerprint density at radius 1 is 1.09 bits per heavy atom. The van der Waals surface area contributed by atoms with E-state index in [0.29, 0.717) is 29.6 Å². The maximum absolute atomic E-state index is 12.8. The average molecular weight is 466 g/mol. The van der Waals surface area contributed by atoms with Crippen molar-refractivity contribution in [1.29, 1.82) is 0 Å². The van der Waals surface area contributed by atoms with Crippen LogP contribution in [0.25, 0.3) is 0 Å². The number of rotatable bonds is 9. The quantitative estimate of drug-likeness (QED) is 0.379. The lowest BCUT2D eigenvalue weighted by Crippen LogP contribution is -2.47. The van der Waals surface area contributed by atoms with Crippen molar-refractivity contribution < 1.29 is 9.32 Å². The number of aromatic nitrogens is 2. The number of hydrogen-bond acceptors (Lipinski definition) is 7.